The molecule has 9 nitrogen and oxygen atoms in total. The largest absolute Gasteiger partial charge is 0.397 e. The Labute approximate surface area is 200 Å². The number of halogens is 1. The Morgan fingerprint density at radius 1 is 0.941 bits per heavy atom. The van der Waals surface area contributed by atoms with Crippen LogP contribution in [-0.4, -0.2) is 36.3 Å². The van der Waals surface area contributed by atoms with Crippen LogP contribution >= 0.6 is 11.6 Å². The lowest BCUT2D eigenvalue weighted by atomic mass is 9.82. The van der Waals surface area contributed by atoms with Crippen molar-refractivity contribution < 1.29 is 27.4 Å². The second kappa shape index (κ2) is 9.26. The summed E-state index contributed by atoms with van der Waals surface area (Å²) in [7, 11) is -4.83. The van der Waals surface area contributed by atoms with Gasteiger partial charge in [0.1, 0.15) is 10.8 Å². The second-order valence-electron chi connectivity index (χ2n) is 7.15. The molecule has 0 bridgehead atoms. The number of benzene rings is 3. The Bertz CT molecular complexity index is 1450. The van der Waals surface area contributed by atoms with Crippen LogP contribution in [0.5, 0.6) is 0 Å². The van der Waals surface area contributed by atoms with Gasteiger partial charge in [0.25, 0.3) is 10.1 Å². The number of anilines is 4. The molecule has 0 saturated carbocycles. The van der Waals surface area contributed by atoms with E-state index in [1.807, 2.05) is 0 Å². The molecule has 0 radical (unpaired) electrons. The SMILES string of the molecule is C.Nc1c(S(=O)(=O)O)cc(Nc2cccc(NC(=O)CCl)c2)c2c1C(=O)c1ccccc1C2=O. The van der Waals surface area contributed by atoms with Crippen LogP contribution in [0.3, 0.4) is 0 Å². The number of nitrogens with one attached hydrogen (secondary N) is 2. The molecule has 0 aliphatic heterocycles. The summed E-state index contributed by atoms with van der Waals surface area (Å²) in [6.07, 6.45) is 0. The Hall–Kier alpha value is -3.73. The first-order valence-corrected chi connectivity index (χ1v) is 11.4. The van der Waals surface area contributed by atoms with Crippen molar-refractivity contribution in [2.24, 2.45) is 0 Å². The number of nitrogens with two attached hydrogens (primary N) is 1. The molecular weight excluding hydrogens is 482 g/mol. The summed E-state index contributed by atoms with van der Waals surface area (Å²) in [5, 5.41) is 5.46. The number of alkyl halides is 1. The lowest BCUT2D eigenvalue weighted by molar-refractivity contribution is -0.113. The number of carbonyl (C=O) groups excluding carboxylic acids is 3. The molecule has 3 aromatic rings. The second-order valence-corrected chi connectivity index (χ2v) is 8.81. The first kappa shape index (κ1) is 24.9. The van der Waals surface area contributed by atoms with Crippen molar-refractivity contribution >= 4 is 61.9 Å². The molecule has 3 aromatic carbocycles. The van der Waals surface area contributed by atoms with Crippen molar-refractivity contribution in [1.82, 2.24) is 0 Å². The summed E-state index contributed by atoms with van der Waals surface area (Å²) in [6.45, 7) is 0. The zero-order chi connectivity index (χ0) is 23.9. The Morgan fingerprint density at radius 3 is 2.12 bits per heavy atom. The summed E-state index contributed by atoms with van der Waals surface area (Å²) in [4.78, 5) is 37.3. The summed E-state index contributed by atoms with van der Waals surface area (Å²) in [5.41, 5.74) is 5.90. The van der Waals surface area contributed by atoms with Gasteiger partial charge in [0.15, 0.2) is 11.6 Å². The van der Waals surface area contributed by atoms with Crippen LogP contribution in [0.4, 0.5) is 22.7 Å². The molecule has 0 fully saturated rings. The number of fused-ring (bicyclic) bond motifs is 2. The summed E-state index contributed by atoms with van der Waals surface area (Å²) in [6, 6.07) is 13.4. The minimum Gasteiger partial charge on any atom is -0.397 e. The van der Waals surface area contributed by atoms with Crippen LogP contribution in [0.1, 0.15) is 39.3 Å². The minimum atomic E-state index is -4.83. The van der Waals surface area contributed by atoms with E-state index in [2.05, 4.69) is 10.6 Å². The standard InChI is InChI=1S/C22H16ClN3O6S.CH4/c23-10-17(27)26-12-5-3-4-11(8-12)25-15-9-16(33(30,31)32)20(24)19-18(15)21(28)13-6-1-2-7-14(13)22(19)29;/h1-9,25H,10,24H2,(H,26,27)(H,30,31,32);1H4. The van der Waals surface area contributed by atoms with Gasteiger partial charge >= 0.3 is 0 Å². The fourth-order valence-electron chi connectivity index (χ4n) is 3.63. The number of hydrogen-bond donors (Lipinski definition) is 4. The quantitative estimate of drug-likeness (QED) is 0.182. The van der Waals surface area contributed by atoms with Gasteiger partial charge in [-0.1, -0.05) is 37.8 Å². The van der Waals surface area contributed by atoms with Crippen LogP contribution in [0.2, 0.25) is 0 Å². The van der Waals surface area contributed by atoms with Crippen LogP contribution in [0, 0.1) is 0 Å². The van der Waals surface area contributed by atoms with Gasteiger partial charge in [0.2, 0.25) is 5.91 Å². The maximum absolute atomic E-state index is 13.3. The molecule has 1 aliphatic carbocycles. The lowest BCUT2D eigenvalue weighted by Gasteiger charge is -2.23. The highest BCUT2D eigenvalue weighted by molar-refractivity contribution is 7.86. The van der Waals surface area contributed by atoms with E-state index >= 15 is 0 Å². The highest BCUT2D eigenvalue weighted by Gasteiger charge is 2.36. The molecule has 0 unspecified atom stereocenters. The average molecular weight is 502 g/mol. The Kier molecular flexibility index (Phi) is 6.78. The number of amides is 1. The maximum atomic E-state index is 13.3. The van der Waals surface area contributed by atoms with Gasteiger partial charge in [0, 0.05) is 22.5 Å². The van der Waals surface area contributed by atoms with Gasteiger partial charge in [0.05, 0.1) is 22.5 Å². The van der Waals surface area contributed by atoms with E-state index in [1.165, 1.54) is 18.2 Å². The zero-order valence-corrected chi connectivity index (χ0v) is 18.3. The van der Waals surface area contributed by atoms with Crippen molar-refractivity contribution in [3.8, 4) is 0 Å². The van der Waals surface area contributed by atoms with Crippen molar-refractivity contribution in [2.75, 3.05) is 22.2 Å². The average Bonchev–Trinajstić information content (AvgIpc) is 2.77. The molecule has 11 heteroatoms. The first-order valence-electron chi connectivity index (χ1n) is 9.47. The third-order valence-corrected chi connectivity index (χ3v) is 6.16. The normalized spacial score (nSPS) is 12.3. The molecule has 0 heterocycles. The van der Waals surface area contributed by atoms with Crippen LogP contribution < -0.4 is 16.4 Å². The van der Waals surface area contributed by atoms with E-state index in [4.69, 9.17) is 17.3 Å². The predicted molar refractivity (Wildman–Crippen MR) is 130 cm³/mol. The van der Waals surface area contributed by atoms with Gasteiger partial charge < -0.3 is 16.4 Å². The number of rotatable bonds is 5. The molecule has 0 aromatic heterocycles. The molecule has 176 valence electrons. The molecule has 0 spiro atoms. The maximum Gasteiger partial charge on any atom is 0.296 e. The van der Waals surface area contributed by atoms with Gasteiger partial charge in [-0.15, -0.1) is 11.6 Å². The minimum absolute atomic E-state index is 0. The van der Waals surface area contributed by atoms with E-state index in [9.17, 15) is 27.4 Å². The summed E-state index contributed by atoms with van der Waals surface area (Å²) >= 11 is 5.51. The highest BCUT2D eigenvalue weighted by atomic mass is 35.5. The zero-order valence-electron chi connectivity index (χ0n) is 16.8. The van der Waals surface area contributed by atoms with Gasteiger partial charge in [-0.25, -0.2) is 0 Å². The van der Waals surface area contributed by atoms with E-state index < -0.39 is 38.2 Å². The predicted octanol–water partition coefficient (Wildman–Crippen LogP) is 3.85. The molecule has 4 rings (SSSR count). The third kappa shape index (κ3) is 4.38. The first-order chi connectivity index (χ1) is 15.6. The molecule has 5 N–H and O–H groups in total. The van der Waals surface area contributed by atoms with Crippen LogP contribution in [-0.2, 0) is 14.9 Å². The van der Waals surface area contributed by atoms with E-state index in [1.54, 1.807) is 30.3 Å². The summed E-state index contributed by atoms with van der Waals surface area (Å²) < 4.78 is 33.6. The highest BCUT2D eigenvalue weighted by Crippen LogP contribution is 2.40. The van der Waals surface area contributed by atoms with Gasteiger partial charge in [-0.3, -0.25) is 18.9 Å². The molecule has 34 heavy (non-hydrogen) atoms. The number of carbonyl (C=O) groups is 3. The molecule has 1 aliphatic rings. The summed E-state index contributed by atoms with van der Waals surface area (Å²) in [5.74, 6) is -1.88. The fourth-order valence-corrected chi connectivity index (χ4v) is 4.34. The number of ketones is 2. The van der Waals surface area contributed by atoms with Crippen LogP contribution in [0.15, 0.2) is 59.5 Å². The molecular formula is C23H20ClN3O6S. The molecule has 0 saturated heterocycles. The number of nitrogen functional groups attached to an aromatic ring is 1. The Morgan fingerprint density at radius 2 is 1.53 bits per heavy atom. The lowest BCUT2D eigenvalue weighted by Crippen LogP contribution is -2.25. The fraction of sp³-hybridized carbons (Fsp3) is 0.0870. The topological polar surface area (TPSA) is 156 Å². The van der Waals surface area contributed by atoms with E-state index in [0.717, 1.165) is 6.07 Å². The van der Waals surface area contributed by atoms with E-state index in [0.29, 0.717) is 11.4 Å². The van der Waals surface area contributed by atoms with Crippen molar-refractivity contribution in [1.29, 1.82) is 0 Å². The third-order valence-electron chi connectivity index (χ3n) is 5.02. The molecule has 1 amide bonds. The van der Waals surface area contributed by atoms with Crippen molar-refractivity contribution in [2.45, 2.75) is 12.3 Å². The van der Waals surface area contributed by atoms with Crippen LogP contribution in [0.25, 0.3) is 0 Å². The van der Waals surface area contributed by atoms with Crippen molar-refractivity contribution in [3.63, 3.8) is 0 Å². The van der Waals surface area contributed by atoms with E-state index in [-0.39, 0.29) is 41.2 Å². The van der Waals surface area contributed by atoms with Gasteiger partial charge in [-0.05, 0) is 24.3 Å². The smallest absolute Gasteiger partial charge is 0.296 e. The van der Waals surface area contributed by atoms with Crippen molar-refractivity contribution in [3.05, 3.63) is 76.9 Å². The Balaban J connectivity index is 0.00000324. The molecule has 0 atom stereocenters. The van der Waals surface area contributed by atoms with Gasteiger partial charge in [-0.2, -0.15) is 8.42 Å². The number of hydrogen-bond acceptors (Lipinski definition) is 7. The monoisotopic (exact) mass is 501 g/mol.